The molecule has 24 heavy (non-hydrogen) atoms. The van der Waals surface area contributed by atoms with E-state index < -0.39 is 0 Å². The minimum Gasteiger partial charge on any atom is -0.381 e. The van der Waals surface area contributed by atoms with Gasteiger partial charge in [0.1, 0.15) is 6.04 Å². The van der Waals surface area contributed by atoms with Crippen molar-refractivity contribution >= 4 is 28.2 Å². The molecule has 2 N–H and O–H groups in total. The highest BCUT2D eigenvalue weighted by Crippen LogP contribution is 2.29. The van der Waals surface area contributed by atoms with E-state index in [1.807, 2.05) is 11.4 Å². The van der Waals surface area contributed by atoms with Gasteiger partial charge in [-0.25, -0.2) is 4.98 Å². The fraction of sp³-hybridized carbons (Fsp3) is 0.562. The van der Waals surface area contributed by atoms with Gasteiger partial charge in [0.2, 0.25) is 5.91 Å². The van der Waals surface area contributed by atoms with Crippen molar-refractivity contribution in [3.8, 4) is 0 Å². The second-order valence-corrected chi connectivity index (χ2v) is 7.15. The van der Waals surface area contributed by atoms with Crippen molar-refractivity contribution in [2.24, 2.45) is 0 Å². The van der Waals surface area contributed by atoms with Crippen molar-refractivity contribution in [1.29, 1.82) is 0 Å². The Morgan fingerprint density at radius 2 is 2.38 bits per heavy atom. The Morgan fingerprint density at radius 3 is 3.17 bits per heavy atom. The first-order chi connectivity index (χ1) is 11.8. The Labute approximate surface area is 144 Å². The van der Waals surface area contributed by atoms with Crippen LogP contribution >= 0.6 is 11.3 Å². The van der Waals surface area contributed by atoms with Crippen LogP contribution in [0.3, 0.4) is 0 Å². The summed E-state index contributed by atoms with van der Waals surface area (Å²) in [5.74, 6) is 0.919. The maximum absolute atomic E-state index is 12.7. The number of aromatic amines is 1. The van der Waals surface area contributed by atoms with Gasteiger partial charge in [-0.1, -0.05) is 0 Å². The third-order valence-electron chi connectivity index (χ3n) is 4.67. The zero-order valence-electron chi connectivity index (χ0n) is 13.4. The predicted molar refractivity (Wildman–Crippen MR) is 92.5 cm³/mol. The lowest BCUT2D eigenvalue weighted by Gasteiger charge is -2.22. The Morgan fingerprint density at radius 1 is 1.42 bits per heavy atom. The van der Waals surface area contributed by atoms with Crippen molar-refractivity contribution in [3.63, 3.8) is 0 Å². The first kappa shape index (κ1) is 15.6. The molecule has 0 spiro atoms. The lowest BCUT2D eigenvalue weighted by Crippen LogP contribution is -2.39. The summed E-state index contributed by atoms with van der Waals surface area (Å²) < 4.78 is 5.52. The monoisotopic (exact) mass is 347 g/mol. The van der Waals surface area contributed by atoms with E-state index in [1.165, 1.54) is 0 Å². The molecule has 0 aromatic carbocycles. The summed E-state index contributed by atoms with van der Waals surface area (Å²) >= 11 is 1.57. The van der Waals surface area contributed by atoms with Crippen molar-refractivity contribution in [2.45, 2.75) is 37.6 Å². The lowest BCUT2D eigenvalue weighted by atomic mass is 9.99. The van der Waals surface area contributed by atoms with Gasteiger partial charge in [-0.2, -0.15) is 5.10 Å². The number of amides is 1. The quantitative estimate of drug-likeness (QED) is 0.887. The molecule has 7 nitrogen and oxygen atoms in total. The third kappa shape index (κ3) is 3.16. The van der Waals surface area contributed by atoms with Gasteiger partial charge in [0.25, 0.3) is 0 Å². The molecule has 2 aromatic rings. The molecule has 4 rings (SSSR count). The molecule has 128 valence electrons. The number of rotatable bonds is 4. The second kappa shape index (κ2) is 6.90. The molecule has 2 aliphatic rings. The molecule has 2 atom stereocenters. The molecular weight excluding hydrogens is 326 g/mol. The van der Waals surface area contributed by atoms with E-state index in [0.29, 0.717) is 11.7 Å². The second-order valence-electron chi connectivity index (χ2n) is 6.28. The molecule has 2 fully saturated rings. The summed E-state index contributed by atoms with van der Waals surface area (Å²) in [5, 5.41) is 13.1. The minimum atomic E-state index is -0.172. The van der Waals surface area contributed by atoms with Gasteiger partial charge in [-0.3, -0.25) is 9.89 Å². The van der Waals surface area contributed by atoms with E-state index in [4.69, 9.17) is 4.74 Å². The number of aromatic nitrogens is 3. The van der Waals surface area contributed by atoms with Crippen LogP contribution in [-0.4, -0.2) is 46.9 Å². The average molecular weight is 347 g/mol. The standard InChI is InChI=1S/C16H21N5O2S/c22-15(13-4-1-6-21(13)16-17-5-8-24-16)18-14-9-12(19-20-14)11-3-2-7-23-10-11/h5,8-9,11,13H,1-4,6-7,10H2,(H2,18,19,20,22)/t11-,13-/m1/s1. The zero-order chi connectivity index (χ0) is 16.4. The molecule has 2 aliphatic heterocycles. The number of carbonyl (C=O) groups is 1. The predicted octanol–water partition coefficient (Wildman–Crippen LogP) is 2.37. The largest absolute Gasteiger partial charge is 0.381 e. The van der Waals surface area contributed by atoms with Gasteiger partial charge in [0.05, 0.1) is 6.61 Å². The maximum Gasteiger partial charge on any atom is 0.248 e. The van der Waals surface area contributed by atoms with Gasteiger partial charge in [0.15, 0.2) is 10.9 Å². The molecule has 0 saturated carbocycles. The summed E-state index contributed by atoms with van der Waals surface area (Å²) in [5.41, 5.74) is 1.04. The normalized spacial score (nSPS) is 24.2. The number of anilines is 2. The van der Waals surface area contributed by atoms with Crippen LogP contribution in [0.5, 0.6) is 0 Å². The van der Waals surface area contributed by atoms with Gasteiger partial charge in [-0.15, -0.1) is 11.3 Å². The summed E-state index contributed by atoms with van der Waals surface area (Å²) in [7, 11) is 0. The van der Waals surface area contributed by atoms with Gasteiger partial charge in [0, 0.05) is 42.4 Å². The van der Waals surface area contributed by atoms with Crippen LogP contribution in [0.4, 0.5) is 10.9 Å². The number of ether oxygens (including phenoxy) is 1. The Balaban J connectivity index is 1.41. The Kier molecular flexibility index (Phi) is 4.48. The molecule has 2 saturated heterocycles. The number of nitrogens with zero attached hydrogens (tertiary/aromatic N) is 3. The number of nitrogens with one attached hydrogen (secondary N) is 2. The first-order valence-corrected chi connectivity index (χ1v) is 9.29. The molecule has 8 heteroatoms. The minimum absolute atomic E-state index is 0.0133. The molecular formula is C16H21N5O2S. The van der Waals surface area contributed by atoms with E-state index in [-0.39, 0.29) is 11.9 Å². The summed E-state index contributed by atoms with van der Waals surface area (Å²) in [6, 6.07) is 1.76. The molecule has 0 bridgehead atoms. The Hall–Kier alpha value is -1.93. The van der Waals surface area contributed by atoms with Crippen LogP contribution in [0.1, 0.15) is 37.3 Å². The van der Waals surface area contributed by atoms with Gasteiger partial charge < -0.3 is 15.0 Å². The fourth-order valence-corrected chi connectivity index (χ4v) is 4.15. The van der Waals surface area contributed by atoms with E-state index in [9.17, 15) is 4.79 Å². The van der Waals surface area contributed by atoms with Crippen molar-refractivity contribution < 1.29 is 9.53 Å². The SMILES string of the molecule is O=C(Nc1cc([C@@H]2CCCOC2)[nH]n1)[C@H]1CCCN1c1nccs1. The summed E-state index contributed by atoms with van der Waals surface area (Å²) in [4.78, 5) is 19.1. The van der Waals surface area contributed by atoms with Crippen LogP contribution in [0.25, 0.3) is 0 Å². The molecule has 0 radical (unpaired) electrons. The number of hydrogen-bond donors (Lipinski definition) is 2. The van der Waals surface area contributed by atoms with Crippen LogP contribution in [0.15, 0.2) is 17.6 Å². The zero-order valence-corrected chi connectivity index (χ0v) is 14.2. The Bertz CT molecular complexity index is 680. The molecule has 2 aromatic heterocycles. The highest BCUT2D eigenvalue weighted by Gasteiger charge is 2.32. The fourth-order valence-electron chi connectivity index (χ4n) is 3.43. The highest BCUT2D eigenvalue weighted by molar-refractivity contribution is 7.13. The average Bonchev–Trinajstić information content (AvgIpc) is 3.36. The third-order valence-corrected chi connectivity index (χ3v) is 5.48. The molecule has 0 aliphatic carbocycles. The van der Waals surface area contributed by atoms with Crippen LogP contribution in [0.2, 0.25) is 0 Å². The molecule has 1 amide bonds. The highest BCUT2D eigenvalue weighted by atomic mass is 32.1. The number of H-pyrrole nitrogens is 1. The summed E-state index contributed by atoms with van der Waals surface area (Å²) in [6.45, 7) is 2.43. The van der Waals surface area contributed by atoms with Crippen molar-refractivity contribution in [3.05, 3.63) is 23.3 Å². The van der Waals surface area contributed by atoms with E-state index in [2.05, 4.69) is 25.4 Å². The van der Waals surface area contributed by atoms with Crippen LogP contribution in [-0.2, 0) is 9.53 Å². The topological polar surface area (TPSA) is 83.1 Å². The molecule has 4 heterocycles. The van der Waals surface area contributed by atoms with Gasteiger partial charge in [-0.05, 0) is 25.7 Å². The number of carbonyl (C=O) groups excluding carboxylic acids is 1. The number of hydrogen-bond acceptors (Lipinski definition) is 6. The van der Waals surface area contributed by atoms with E-state index >= 15 is 0 Å². The van der Waals surface area contributed by atoms with Crippen molar-refractivity contribution in [2.75, 3.05) is 30.0 Å². The smallest absolute Gasteiger partial charge is 0.248 e. The molecule has 0 unspecified atom stereocenters. The first-order valence-electron chi connectivity index (χ1n) is 8.41. The number of thiazole rings is 1. The van der Waals surface area contributed by atoms with E-state index in [0.717, 1.165) is 56.3 Å². The van der Waals surface area contributed by atoms with Crippen LogP contribution in [0, 0.1) is 0 Å². The van der Waals surface area contributed by atoms with E-state index in [1.54, 1.807) is 17.5 Å². The van der Waals surface area contributed by atoms with Crippen LogP contribution < -0.4 is 10.2 Å². The summed E-state index contributed by atoms with van der Waals surface area (Å²) in [6.07, 6.45) is 5.79. The maximum atomic E-state index is 12.7. The van der Waals surface area contributed by atoms with Gasteiger partial charge >= 0.3 is 0 Å². The van der Waals surface area contributed by atoms with Crippen molar-refractivity contribution in [1.82, 2.24) is 15.2 Å². The lowest BCUT2D eigenvalue weighted by molar-refractivity contribution is -0.117.